The Morgan fingerprint density at radius 1 is 1.32 bits per heavy atom. The van der Waals surface area contributed by atoms with Crippen LogP contribution in [0.3, 0.4) is 0 Å². The van der Waals surface area contributed by atoms with E-state index < -0.39 is 0 Å². The monoisotopic (exact) mass is 263 g/mol. The number of methoxy groups -OCH3 is 1. The summed E-state index contributed by atoms with van der Waals surface area (Å²) in [6.45, 7) is 6.75. The van der Waals surface area contributed by atoms with E-state index in [1.807, 2.05) is 12.1 Å². The lowest BCUT2D eigenvalue weighted by Crippen LogP contribution is -2.34. The minimum Gasteiger partial charge on any atom is -0.507 e. The second-order valence-corrected chi connectivity index (χ2v) is 5.83. The van der Waals surface area contributed by atoms with Crippen LogP contribution in [0.4, 0.5) is 0 Å². The SMILES string of the molecule is COc1ccc(C(C)NC2CCC(C)C2C)c(O)c1. The van der Waals surface area contributed by atoms with E-state index in [0.717, 1.165) is 11.5 Å². The third-order valence-corrected chi connectivity index (χ3v) is 4.63. The van der Waals surface area contributed by atoms with Gasteiger partial charge in [-0.25, -0.2) is 0 Å². The molecule has 0 amide bonds. The molecule has 1 fully saturated rings. The number of rotatable bonds is 4. The van der Waals surface area contributed by atoms with Crippen LogP contribution in [0.5, 0.6) is 11.5 Å². The predicted octanol–water partition coefficient (Wildman–Crippen LogP) is 3.49. The zero-order valence-electron chi connectivity index (χ0n) is 12.3. The molecule has 0 spiro atoms. The van der Waals surface area contributed by atoms with Gasteiger partial charge in [0.25, 0.3) is 0 Å². The molecule has 0 radical (unpaired) electrons. The largest absolute Gasteiger partial charge is 0.507 e. The predicted molar refractivity (Wildman–Crippen MR) is 77.6 cm³/mol. The molecule has 4 atom stereocenters. The third-order valence-electron chi connectivity index (χ3n) is 4.63. The Morgan fingerprint density at radius 3 is 2.58 bits per heavy atom. The summed E-state index contributed by atoms with van der Waals surface area (Å²) in [6.07, 6.45) is 2.52. The number of hydrogen-bond acceptors (Lipinski definition) is 3. The Kier molecular flexibility index (Phi) is 4.35. The maximum absolute atomic E-state index is 10.1. The van der Waals surface area contributed by atoms with Crippen LogP contribution in [0.2, 0.25) is 0 Å². The Hall–Kier alpha value is -1.22. The Bertz CT molecular complexity index is 433. The van der Waals surface area contributed by atoms with Gasteiger partial charge in [0.15, 0.2) is 0 Å². The second-order valence-electron chi connectivity index (χ2n) is 5.83. The van der Waals surface area contributed by atoms with Crippen molar-refractivity contribution in [3.8, 4) is 11.5 Å². The van der Waals surface area contributed by atoms with Gasteiger partial charge in [-0.3, -0.25) is 0 Å². The molecule has 0 heterocycles. The summed E-state index contributed by atoms with van der Waals surface area (Å²) in [5.74, 6) is 2.48. The van der Waals surface area contributed by atoms with Crippen LogP contribution in [0.15, 0.2) is 18.2 Å². The van der Waals surface area contributed by atoms with Gasteiger partial charge in [-0.15, -0.1) is 0 Å². The lowest BCUT2D eigenvalue weighted by Gasteiger charge is -2.25. The van der Waals surface area contributed by atoms with Crippen molar-refractivity contribution in [3.05, 3.63) is 23.8 Å². The summed E-state index contributed by atoms with van der Waals surface area (Å²) in [7, 11) is 1.61. The van der Waals surface area contributed by atoms with E-state index in [4.69, 9.17) is 4.74 Å². The van der Waals surface area contributed by atoms with Crippen LogP contribution < -0.4 is 10.1 Å². The van der Waals surface area contributed by atoms with Crippen molar-refractivity contribution in [1.29, 1.82) is 0 Å². The quantitative estimate of drug-likeness (QED) is 0.873. The molecular formula is C16H25NO2. The van der Waals surface area contributed by atoms with E-state index >= 15 is 0 Å². The minimum atomic E-state index is 0.156. The molecule has 3 heteroatoms. The lowest BCUT2D eigenvalue weighted by atomic mass is 9.96. The van der Waals surface area contributed by atoms with Crippen molar-refractivity contribution in [2.75, 3.05) is 7.11 Å². The van der Waals surface area contributed by atoms with Crippen LogP contribution >= 0.6 is 0 Å². The molecule has 1 aromatic carbocycles. The lowest BCUT2D eigenvalue weighted by molar-refractivity contribution is 0.342. The van der Waals surface area contributed by atoms with Crippen LogP contribution in [-0.2, 0) is 0 Å². The number of hydrogen-bond donors (Lipinski definition) is 2. The Morgan fingerprint density at radius 2 is 2.05 bits per heavy atom. The molecular weight excluding hydrogens is 238 g/mol. The van der Waals surface area contributed by atoms with E-state index in [1.54, 1.807) is 13.2 Å². The van der Waals surface area contributed by atoms with Gasteiger partial charge in [-0.05, 0) is 37.7 Å². The van der Waals surface area contributed by atoms with Crippen molar-refractivity contribution in [1.82, 2.24) is 5.32 Å². The molecule has 1 saturated carbocycles. The van der Waals surface area contributed by atoms with Crippen LogP contribution in [0, 0.1) is 11.8 Å². The molecule has 4 unspecified atom stereocenters. The summed E-state index contributed by atoms with van der Waals surface area (Å²) in [6, 6.07) is 6.21. The van der Waals surface area contributed by atoms with Gasteiger partial charge in [-0.1, -0.05) is 19.9 Å². The summed E-state index contributed by atoms with van der Waals surface area (Å²) in [4.78, 5) is 0. The highest BCUT2D eigenvalue weighted by Crippen LogP contribution is 2.34. The van der Waals surface area contributed by atoms with Crippen molar-refractivity contribution in [3.63, 3.8) is 0 Å². The summed E-state index contributed by atoms with van der Waals surface area (Å²) in [5, 5.41) is 13.7. The maximum Gasteiger partial charge on any atom is 0.124 e. The number of phenolic OH excluding ortho intramolecular Hbond substituents is 1. The normalized spacial score (nSPS) is 28.3. The highest BCUT2D eigenvalue weighted by molar-refractivity contribution is 5.41. The van der Waals surface area contributed by atoms with E-state index in [-0.39, 0.29) is 6.04 Å². The number of phenols is 1. The first-order valence-electron chi connectivity index (χ1n) is 7.16. The molecule has 19 heavy (non-hydrogen) atoms. The van der Waals surface area contributed by atoms with Crippen LogP contribution in [-0.4, -0.2) is 18.3 Å². The average molecular weight is 263 g/mol. The zero-order chi connectivity index (χ0) is 14.0. The zero-order valence-corrected chi connectivity index (χ0v) is 12.3. The van der Waals surface area contributed by atoms with Gasteiger partial charge in [0.2, 0.25) is 0 Å². The molecule has 0 saturated heterocycles. The molecule has 2 N–H and O–H groups in total. The number of nitrogens with one attached hydrogen (secondary N) is 1. The number of ether oxygens (including phenoxy) is 1. The first-order valence-corrected chi connectivity index (χ1v) is 7.16. The van der Waals surface area contributed by atoms with Crippen molar-refractivity contribution in [2.24, 2.45) is 11.8 Å². The molecule has 1 aromatic rings. The van der Waals surface area contributed by atoms with Crippen LogP contribution in [0.25, 0.3) is 0 Å². The summed E-state index contributed by atoms with van der Waals surface area (Å²) < 4.78 is 5.11. The van der Waals surface area contributed by atoms with E-state index in [9.17, 15) is 5.11 Å². The number of benzene rings is 1. The summed E-state index contributed by atoms with van der Waals surface area (Å²) in [5.41, 5.74) is 0.938. The van der Waals surface area contributed by atoms with Gasteiger partial charge in [0.05, 0.1) is 7.11 Å². The van der Waals surface area contributed by atoms with E-state index in [2.05, 4.69) is 26.1 Å². The third kappa shape index (κ3) is 3.03. The van der Waals surface area contributed by atoms with Crippen molar-refractivity contribution >= 4 is 0 Å². The Labute approximate surface area is 116 Å². The molecule has 0 bridgehead atoms. The number of aromatic hydroxyl groups is 1. The second kappa shape index (κ2) is 5.83. The maximum atomic E-state index is 10.1. The van der Waals surface area contributed by atoms with Crippen molar-refractivity contribution < 1.29 is 9.84 Å². The smallest absolute Gasteiger partial charge is 0.124 e. The molecule has 3 nitrogen and oxygen atoms in total. The average Bonchev–Trinajstić information content (AvgIpc) is 2.70. The van der Waals surface area contributed by atoms with E-state index in [1.165, 1.54) is 12.8 Å². The molecule has 2 rings (SSSR count). The summed E-state index contributed by atoms with van der Waals surface area (Å²) >= 11 is 0. The topological polar surface area (TPSA) is 41.5 Å². The molecule has 0 aromatic heterocycles. The fourth-order valence-corrected chi connectivity index (χ4v) is 3.03. The highest BCUT2D eigenvalue weighted by Gasteiger charge is 2.30. The van der Waals surface area contributed by atoms with Crippen LogP contribution in [0.1, 0.15) is 45.2 Å². The molecule has 1 aliphatic carbocycles. The van der Waals surface area contributed by atoms with Gasteiger partial charge in [-0.2, -0.15) is 0 Å². The first kappa shape index (κ1) is 14.2. The standard InChI is InChI=1S/C16H25NO2/c1-10-5-8-15(11(10)2)17-12(3)14-7-6-13(19-4)9-16(14)18/h6-7,9-12,15,17-18H,5,8H2,1-4H3. The fourth-order valence-electron chi connectivity index (χ4n) is 3.03. The highest BCUT2D eigenvalue weighted by atomic mass is 16.5. The van der Waals surface area contributed by atoms with Gasteiger partial charge in [0.1, 0.15) is 11.5 Å². The van der Waals surface area contributed by atoms with Crippen molar-refractivity contribution in [2.45, 2.75) is 45.7 Å². The minimum absolute atomic E-state index is 0.156. The van der Waals surface area contributed by atoms with Gasteiger partial charge in [0, 0.05) is 23.7 Å². The fraction of sp³-hybridized carbons (Fsp3) is 0.625. The van der Waals surface area contributed by atoms with Gasteiger partial charge < -0.3 is 15.2 Å². The molecule has 106 valence electrons. The van der Waals surface area contributed by atoms with E-state index in [0.29, 0.717) is 23.5 Å². The molecule has 1 aliphatic rings. The molecule has 0 aliphatic heterocycles. The Balaban J connectivity index is 2.05. The van der Waals surface area contributed by atoms with Gasteiger partial charge >= 0.3 is 0 Å². The first-order chi connectivity index (χ1) is 9.02.